The van der Waals surface area contributed by atoms with Crippen LogP contribution in [0.3, 0.4) is 0 Å². The summed E-state index contributed by atoms with van der Waals surface area (Å²) in [5.74, 6) is -0.449. The van der Waals surface area contributed by atoms with Crippen LogP contribution in [0, 0.1) is 10.1 Å². The van der Waals surface area contributed by atoms with E-state index in [2.05, 4.69) is 17.1 Å². The van der Waals surface area contributed by atoms with Crippen LogP contribution in [0.4, 0.5) is 5.69 Å². The summed E-state index contributed by atoms with van der Waals surface area (Å²) >= 11 is 0. The quantitative estimate of drug-likeness (QED) is 0.282. The number of aromatic nitrogens is 1. The van der Waals surface area contributed by atoms with Gasteiger partial charge in [-0.25, -0.2) is 4.79 Å². The molecule has 0 bridgehead atoms. The van der Waals surface area contributed by atoms with Crippen molar-refractivity contribution in [1.82, 2.24) is 4.98 Å². The molecule has 27 heavy (non-hydrogen) atoms. The molecular weight excluding hydrogens is 344 g/mol. The molecule has 0 saturated carbocycles. The number of nitrogens with one attached hydrogen (secondary N) is 1. The number of non-ortho nitro benzene ring substituents is 1. The van der Waals surface area contributed by atoms with Crippen molar-refractivity contribution >= 4 is 11.7 Å². The first kappa shape index (κ1) is 19.9. The Bertz CT molecular complexity index is 783. The Hall–Kier alpha value is -3.41. The van der Waals surface area contributed by atoms with Crippen molar-refractivity contribution < 1.29 is 14.5 Å². The van der Waals surface area contributed by atoms with Gasteiger partial charge in [-0.1, -0.05) is 30.3 Å². The minimum Gasteiger partial charge on any atom is -0.462 e. The Morgan fingerprint density at radius 1 is 0.926 bits per heavy atom. The summed E-state index contributed by atoms with van der Waals surface area (Å²) in [6, 6.07) is 19.4. The van der Waals surface area contributed by atoms with Crippen molar-refractivity contribution in [2.45, 2.75) is 19.3 Å². The van der Waals surface area contributed by atoms with E-state index in [4.69, 9.17) is 4.74 Å². The summed E-state index contributed by atoms with van der Waals surface area (Å²) < 4.78 is 5.16. The first-order valence-electron chi connectivity index (χ1n) is 8.70. The molecule has 2 aromatic carbocycles. The first-order chi connectivity index (χ1) is 13.2. The molecule has 0 aliphatic carbocycles. The molecule has 1 N–H and O–H groups in total. The van der Waals surface area contributed by atoms with Gasteiger partial charge >= 0.3 is 5.97 Å². The zero-order valence-corrected chi connectivity index (χ0v) is 14.9. The number of aryl methyl sites for hydroxylation is 1. The molecule has 0 radical (unpaired) electrons. The first-order valence-corrected chi connectivity index (χ1v) is 8.70. The average molecular weight is 366 g/mol. The van der Waals surface area contributed by atoms with E-state index < -0.39 is 10.9 Å². The van der Waals surface area contributed by atoms with Crippen LogP contribution >= 0.6 is 0 Å². The van der Waals surface area contributed by atoms with E-state index in [-0.39, 0.29) is 5.69 Å². The number of rotatable bonds is 7. The number of carbonyl (C=O) groups excluding carboxylic acids is 1. The summed E-state index contributed by atoms with van der Waals surface area (Å²) in [6.45, 7) is 0.350. The molecule has 1 aromatic heterocycles. The topological polar surface area (TPSA) is 85.2 Å². The molecular formula is C21H22N2O4. The maximum Gasteiger partial charge on any atom is 0.338 e. The lowest BCUT2D eigenvalue weighted by Crippen LogP contribution is -2.06. The fourth-order valence-electron chi connectivity index (χ4n) is 2.32. The molecule has 3 rings (SSSR count). The third-order valence-electron chi connectivity index (χ3n) is 3.75. The van der Waals surface area contributed by atoms with Gasteiger partial charge in [0.25, 0.3) is 5.69 Å². The van der Waals surface area contributed by atoms with E-state index in [0.717, 1.165) is 19.3 Å². The Kier molecular flexibility index (Phi) is 8.30. The molecule has 0 aliphatic heterocycles. The monoisotopic (exact) mass is 366 g/mol. The van der Waals surface area contributed by atoms with E-state index in [1.165, 1.54) is 29.8 Å². The van der Waals surface area contributed by atoms with Crippen LogP contribution in [0.2, 0.25) is 0 Å². The van der Waals surface area contributed by atoms with Crippen LogP contribution < -0.4 is 0 Å². The molecule has 3 aromatic rings. The van der Waals surface area contributed by atoms with Gasteiger partial charge in [-0.2, -0.15) is 0 Å². The number of esters is 1. The van der Waals surface area contributed by atoms with Crippen molar-refractivity contribution in [2.24, 2.45) is 0 Å². The van der Waals surface area contributed by atoms with Gasteiger partial charge < -0.3 is 9.72 Å². The summed E-state index contributed by atoms with van der Waals surface area (Å²) in [4.78, 5) is 24.7. The van der Waals surface area contributed by atoms with Gasteiger partial charge in [0.1, 0.15) is 0 Å². The number of H-pyrrole nitrogens is 1. The number of ether oxygens (including phenoxy) is 1. The van der Waals surface area contributed by atoms with Crippen LogP contribution in [0.15, 0.2) is 79.1 Å². The summed E-state index contributed by atoms with van der Waals surface area (Å²) in [6.07, 6.45) is 6.43. The molecule has 6 heteroatoms. The van der Waals surface area contributed by atoms with E-state index in [1.807, 2.05) is 42.7 Å². The summed E-state index contributed by atoms with van der Waals surface area (Å²) in [5.41, 5.74) is 1.55. The molecule has 0 aliphatic rings. The fraction of sp³-hybridized carbons (Fsp3) is 0.190. The van der Waals surface area contributed by atoms with Gasteiger partial charge in [0.2, 0.25) is 0 Å². The highest BCUT2D eigenvalue weighted by atomic mass is 16.6. The fourth-order valence-corrected chi connectivity index (χ4v) is 2.32. The lowest BCUT2D eigenvalue weighted by molar-refractivity contribution is -0.384. The number of unbranched alkanes of at least 4 members (excludes halogenated alkanes) is 1. The van der Waals surface area contributed by atoms with Gasteiger partial charge in [-0.15, -0.1) is 0 Å². The second kappa shape index (κ2) is 11.3. The lowest BCUT2D eigenvalue weighted by Gasteiger charge is -2.05. The third kappa shape index (κ3) is 7.56. The maximum absolute atomic E-state index is 11.8. The van der Waals surface area contributed by atoms with Crippen molar-refractivity contribution in [3.8, 4) is 0 Å². The number of hydrogen-bond acceptors (Lipinski definition) is 4. The molecule has 0 atom stereocenters. The largest absolute Gasteiger partial charge is 0.462 e. The predicted octanol–water partition coefficient (Wildman–Crippen LogP) is 4.79. The number of nitro groups is 1. The molecule has 0 amide bonds. The molecule has 0 spiro atoms. The maximum atomic E-state index is 11.8. The SMILES string of the molecule is O=C(OCCCCc1ccccc1)c1ccc([N+](=O)[O-])cc1.c1cc[nH]c1. The highest BCUT2D eigenvalue weighted by Crippen LogP contribution is 2.13. The molecule has 0 saturated heterocycles. The summed E-state index contributed by atoms with van der Waals surface area (Å²) in [7, 11) is 0. The van der Waals surface area contributed by atoms with Crippen molar-refractivity contribution in [2.75, 3.05) is 6.61 Å². The normalized spacial score (nSPS) is 9.78. The van der Waals surface area contributed by atoms with E-state index in [9.17, 15) is 14.9 Å². The molecule has 6 nitrogen and oxygen atoms in total. The number of carbonyl (C=O) groups is 1. The zero-order valence-electron chi connectivity index (χ0n) is 14.9. The van der Waals surface area contributed by atoms with E-state index in [1.54, 1.807) is 0 Å². The van der Waals surface area contributed by atoms with Gasteiger partial charge in [0, 0.05) is 24.5 Å². The lowest BCUT2D eigenvalue weighted by atomic mass is 10.1. The number of nitro benzene ring substituents is 1. The number of benzene rings is 2. The Morgan fingerprint density at radius 3 is 2.15 bits per heavy atom. The molecule has 0 unspecified atom stereocenters. The van der Waals surface area contributed by atoms with E-state index >= 15 is 0 Å². The van der Waals surface area contributed by atoms with Gasteiger partial charge in [0.05, 0.1) is 17.1 Å². The van der Waals surface area contributed by atoms with Gasteiger partial charge in [-0.05, 0) is 49.1 Å². The smallest absolute Gasteiger partial charge is 0.338 e. The van der Waals surface area contributed by atoms with Crippen LogP contribution in [0.5, 0.6) is 0 Å². The third-order valence-corrected chi connectivity index (χ3v) is 3.75. The van der Waals surface area contributed by atoms with Crippen molar-refractivity contribution in [3.05, 3.63) is 100 Å². The molecule has 140 valence electrons. The number of hydrogen-bond donors (Lipinski definition) is 1. The molecule has 0 fully saturated rings. The second-order valence-corrected chi connectivity index (χ2v) is 5.77. The second-order valence-electron chi connectivity index (χ2n) is 5.77. The van der Waals surface area contributed by atoms with Crippen LogP contribution in [-0.4, -0.2) is 22.5 Å². The van der Waals surface area contributed by atoms with Crippen molar-refractivity contribution in [3.63, 3.8) is 0 Å². The van der Waals surface area contributed by atoms with Crippen LogP contribution in [0.1, 0.15) is 28.8 Å². The van der Waals surface area contributed by atoms with Crippen LogP contribution in [-0.2, 0) is 11.2 Å². The van der Waals surface area contributed by atoms with Crippen LogP contribution in [0.25, 0.3) is 0 Å². The highest BCUT2D eigenvalue weighted by molar-refractivity contribution is 5.89. The Morgan fingerprint density at radius 2 is 1.59 bits per heavy atom. The number of nitrogens with zero attached hydrogens (tertiary/aromatic N) is 1. The van der Waals surface area contributed by atoms with Gasteiger partial charge in [-0.3, -0.25) is 10.1 Å². The highest BCUT2D eigenvalue weighted by Gasteiger charge is 2.10. The minimum absolute atomic E-state index is 0.0422. The Balaban J connectivity index is 0.000000451. The average Bonchev–Trinajstić information content (AvgIpc) is 3.28. The standard InChI is InChI=1S/C17H17NO4.C4H5N/c19-17(15-9-11-16(12-10-15)18(20)21)22-13-5-4-8-14-6-2-1-3-7-14;1-2-4-5-3-1/h1-3,6-7,9-12H,4-5,8,13H2;1-5H. The van der Waals surface area contributed by atoms with E-state index in [0.29, 0.717) is 12.2 Å². The minimum atomic E-state index is -0.501. The zero-order chi connectivity index (χ0) is 19.3. The Labute approximate surface area is 158 Å². The van der Waals surface area contributed by atoms with Crippen molar-refractivity contribution in [1.29, 1.82) is 0 Å². The van der Waals surface area contributed by atoms with Gasteiger partial charge in [0.15, 0.2) is 0 Å². The predicted molar refractivity (Wildman–Crippen MR) is 104 cm³/mol. The number of aromatic amines is 1. The molecule has 1 heterocycles. The summed E-state index contributed by atoms with van der Waals surface area (Å²) in [5, 5.41) is 10.5.